The molecule has 2 saturated carbocycles. The third-order valence-corrected chi connectivity index (χ3v) is 7.33. The fraction of sp³-hybridized carbons (Fsp3) is 0.560. The van der Waals surface area contributed by atoms with Gasteiger partial charge in [-0.1, -0.05) is 12.1 Å². The molecule has 176 valence electrons. The summed E-state index contributed by atoms with van der Waals surface area (Å²) in [4.78, 5) is 14.3. The van der Waals surface area contributed by atoms with Crippen LogP contribution in [-0.4, -0.2) is 42.4 Å². The molecule has 33 heavy (non-hydrogen) atoms. The first kappa shape index (κ1) is 22.2. The van der Waals surface area contributed by atoms with E-state index in [2.05, 4.69) is 14.9 Å². The second kappa shape index (κ2) is 9.73. The van der Waals surface area contributed by atoms with E-state index in [0.717, 1.165) is 69.3 Å². The summed E-state index contributed by atoms with van der Waals surface area (Å²) in [6.07, 6.45) is 9.80. The maximum absolute atomic E-state index is 14.4. The van der Waals surface area contributed by atoms with E-state index in [0.29, 0.717) is 29.0 Å². The number of anilines is 2. The molecule has 0 radical (unpaired) electrons. The Kier molecular flexibility index (Phi) is 6.55. The molecule has 1 aromatic carbocycles. The van der Waals surface area contributed by atoms with Crippen LogP contribution >= 0.6 is 0 Å². The number of para-hydroxylation sites is 1. The van der Waals surface area contributed by atoms with Crippen LogP contribution in [0.25, 0.3) is 11.2 Å². The van der Waals surface area contributed by atoms with Gasteiger partial charge in [0.1, 0.15) is 17.2 Å². The highest BCUT2D eigenvalue weighted by Crippen LogP contribution is 2.37. The number of aliphatic hydroxyl groups excluding tert-OH is 2. The lowest BCUT2D eigenvalue weighted by Gasteiger charge is -2.29. The van der Waals surface area contributed by atoms with Crippen LogP contribution < -0.4 is 5.32 Å². The van der Waals surface area contributed by atoms with Gasteiger partial charge in [-0.2, -0.15) is 0 Å². The van der Waals surface area contributed by atoms with E-state index >= 15 is 0 Å². The Bertz CT molecular complexity index is 1090. The Hall–Kier alpha value is -2.58. The van der Waals surface area contributed by atoms with E-state index in [-0.39, 0.29) is 24.6 Å². The minimum Gasteiger partial charge on any atom is -0.396 e. The van der Waals surface area contributed by atoms with Crippen LogP contribution in [0.5, 0.6) is 0 Å². The molecule has 2 fully saturated rings. The molecule has 0 saturated heterocycles. The highest BCUT2D eigenvalue weighted by Gasteiger charge is 2.27. The summed E-state index contributed by atoms with van der Waals surface area (Å²) in [5.74, 6) is 1.87. The number of halogens is 1. The van der Waals surface area contributed by atoms with Gasteiger partial charge in [0.25, 0.3) is 0 Å². The highest BCUT2D eigenvalue weighted by atomic mass is 19.1. The molecule has 0 unspecified atom stereocenters. The van der Waals surface area contributed by atoms with Gasteiger partial charge in [-0.25, -0.2) is 19.3 Å². The number of nitrogens with one attached hydrogen (secondary N) is 1. The first-order valence-electron chi connectivity index (χ1n) is 12.1. The minimum atomic E-state index is -0.327. The third kappa shape index (κ3) is 4.87. The Morgan fingerprint density at radius 3 is 2.42 bits per heavy atom. The van der Waals surface area contributed by atoms with Crippen LogP contribution in [0.15, 0.2) is 30.5 Å². The van der Waals surface area contributed by atoms with Crippen LogP contribution in [-0.2, 0) is 6.42 Å². The quantitative estimate of drug-likeness (QED) is 0.508. The first-order valence-corrected chi connectivity index (χ1v) is 12.1. The molecule has 2 aliphatic rings. The van der Waals surface area contributed by atoms with Crippen molar-refractivity contribution in [3.05, 3.63) is 42.1 Å². The van der Waals surface area contributed by atoms with E-state index in [1.807, 2.05) is 0 Å². The van der Waals surface area contributed by atoms with Crippen LogP contribution in [0.2, 0.25) is 0 Å². The van der Waals surface area contributed by atoms with Crippen molar-refractivity contribution < 1.29 is 14.6 Å². The maximum Gasteiger partial charge on any atom is 0.210 e. The van der Waals surface area contributed by atoms with Crippen molar-refractivity contribution in [1.82, 2.24) is 19.5 Å². The SMILES string of the molecule is OCC1CCC(n2c(Nc3ccccc3F)nc3cnc(CC4CCC(O)CC4)nc32)CC1. The van der Waals surface area contributed by atoms with Crippen molar-refractivity contribution in [3.8, 4) is 0 Å². The summed E-state index contributed by atoms with van der Waals surface area (Å²) < 4.78 is 16.5. The maximum atomic E-state index is 14.4. The number of benzene rings is 1. The van der Waals surface area contributed by atoms with E-state index in [4.69, 9.17) is 9.97 Å². The smallest absolute Gasteiger partial charge is 0.210 e. The second-order valence-corrected chi connectivity index (χ2v) is 9.64. The zero-order chi connectivity index (χ0) is 22.8. The number of nitrogens with zero attached hydrogens (tertiary/aromatic N) is 4. The van der Waals surface area contributed by atoms with Gasteiger partial charge < -0.3 is 15.5 Å². The molecule has 3 aromatic rings. The van der Waals surface area contributed by atoms with Crippen molar-refractivity contribution in [1.29, 1.82) is 0 Å². The Balaban J connectivity index is 1.48. The largest absolute Gasteiger partial charge is 0.396 e. The number of imidazole rings is 1. The normalized spacial score (nSPS) is 25.9. The predicted molar refractivity (Wildman–Crippen MR) is 125 cm³/mol. The van der Waals surface area contributed by atoms with Crippen LogP contribution in [0.3, 0.4) is 0 Å². The standard InChI is InChI=1S/C25H32FN5O2/c26-20-3-1-2-4-21(20)28-25-29-22-14-27-23(13-16-7-11-19(33)12-8-16)30-24(22)31(25)18-9-5-17(15-32)6-10-18/h1-4,14,16-19,32-33H,5-13,15H2,(H,28,29). The van der Waals surface area contributed by atoms with Gasteiger partial charge in [0.05, 0.1) is 18.0 Å². The topological polar surface area (TPSA) is 96.1 Å². The Labute approximate surface area is 193 Å². The summed E-state index contributed by atoms with van der Waals surface area (Å²) in [5, 5.41) is 22.6. The molecule has 0 atom stereocenters. The molecule has 8 heteroatoms. The number of hydrogen-bond donors (Lipinski definition) is 3. The predicted octanol–water partition coefficient (Wildman–Crippen LogP) is 4.53. The van der Waals surface area contributed by atoms with E-state index < -0.39 is 0 Å². The Morgan fingerprint density at radius 2 is 1.70 bits per heavy atom. The van der Waals surface area contributed by atoms with Crippen molar-refractivity contribution in [2.24, 2.45) is 11.8 Å². The average Bonchev–Trinajstić information content (AvgIpc) is 3.19. The van der Waals surface area contributed by atoms with Gasteiger partial charge in [-0.05, 0) is 75.3 Å². The van der Waals surface area contributed by atoms with E-state index in [9.17, 15) is 14.6 Å². The number of aromatic nitrogens is 4. The molecule has 0 spiro atoms. The van der Waals surface area contributed by atoms with Crippen LogP contribution in [0.4, 0.5) is 16.0 Å². The molecular weight excluding hydrogens is 421 g/mol. The molecule has 2 aromatic heterocycles. The van der Waals surface area contributed by atoms with Gasteiger partial charge in [0.2, 0.25) is 5.95 Å². The molecular formula is C25H32FN5O2. The van der Waals surface area contributed by atoms with Crippen molar-refractivity contribution >= 4 is 22.8 Å². The van der Waals surface area contributed by atoms with Crippen LogP contribution in [0.1, 0.15) is 63.2 Å². The first-order chi connectivity index (χ1) is 16.1. The van der Waals surface area contributed by atoms with Gasteiger partial charge in [0, 0.05) is 19.1 Å². The molecule has 2 heterocycles. The van der Waals surface area contributed by atoms with Crippen LogP contribution in [0, 0.1) is 17.7 Å². The average molecular weight is 454 g/mol. The third-order valence-electron chi connectivity index (χ3n) is 7.33. The lowest BCUT2D eigenvalue weighted by molar-refractivity contribution is 0.108. The summed E-state index contributed by atoms with van der Waals surface area (Å²) >= 11 is 0. The highest BCUT2D eigenvalue weighted by molar-refractivity contribution is 5.75. The second-order valence-electron chi connectivity index (χ2n) is 9.64. The van der Waals surface area contributed by atoms with Crippen molar-refractivity contribution in [3.63, 3.8) is 0 Å². The van der Waals surface area contributed by atoms with Crippen molar-refractivity contribution in [2.45, 2.75) is 69.9 Å². The number of aliphatic hydroxyl groups is 2. The number of rotatable bonds is 6. The van der Waals surface area contributed by atoms with E-state index in [1.165, 1.54) is 6.07 Å². The van der Waals surface area contributed by atoms with Gasteiger partial charge >= 0.3 is 0 Å². The molecule has 5 rings (SSSR count). The van der Waals surface area contributed by atoms with E-state index in [1.54, 1.807) is 24.4 Å². The zero-order valence-electron chi connectivity index (χ0n) is 18.8. The van der Waals surface area contributed by atoms with Gasteiger partial charge in [-0.15, -0.1) is 0 Å². The van der Waals surface area contributed by atoms with Gasteiger partial charge in [-0.3, -0.25) is 4.57 Å². The molecule has 0 aliphatic heterocycles. The molecule has 0 amide bonds. The number of fused-ring (bicyclic) bond motifs is 1. The monoisotopic (exact) mass is 453 g/mol. The molecule has 3 N–H and O–H groups in total. The minimum absolute atomic E-state index is 0.174. The van der Waals surface area contributed by atoms with Gasteiger partial charge in [0.15, 0.2) is 5.65 Å². The summed E-state index contributed by atoms with van der Waals surface area (Å²) in [7, 11) is 0. The summed E-state index contributed by atoms with van der Waals surface area (Å²) in [6, 6.07) is 6.78. The number of hydrogen-bond acceptors (Lipinski definition) is 6. The lowest BCUT2D eigenvalue weighted by Crippen LogP contribution is -2.22. The fourth-order valence-electron chi connectivity index (χ4n) is 5.33. The molecule has 7 nitrogen and oxygen atoms in total. The summed E-state index contributed by atoms with van der Waals surface area (Å²) in [6.45, 7) is 0.222. The fourth-order valence-corrected chi connectivity index (χ4v) is 5.33. The van der Waals surface area contributed by atoms with Crippen molar-refractivity contribution in [2.75, 3.05) is 11.9 Å². The molecule has 0 bridgehead atoms. The molecule has 2 aliphatic carbocycles. The Morgan fingerprint density at radius 1 is 0.970 bits per heavy atom. The lowest BCUT2D eigenvalue weighted by atomic mass is 9.85. The summed E-state index contributed by atoms with van der Waals surface area (Å²) in [5.41, 5.74) is 1.86. The zero-order valence-corrected chi connectivity index (χ0v) is 18.8.